The van der Waals surface area contributed by atoms with E-state index in [4.69, 9.17) is 0 Å². The number of rotatable bonds is 3. The monoisotopic (exact) mass is 299 g/mol. The van der Waals surface area contributed by atoms with Crippen LogP contribution in [0.4, 0.5) is 0 Å². The van der Waals surface area contributed by atoms with Crippen LogP contribution < -0.4 is 9.80 Å². The summed E-state index contributed by atoms with van der Waals surface area (Å²) in [7, 11) is 2.18. The summed E-state index contributed by atoms with van der Waals surface area (Å²) >= 11 is 0. The largest absolute Gasteiger partial charge is 0.506 e. The number of benzene rings is 1. The molecule has 2 aromatic rings. The molecule has 1 aromatic carbocycles. The summed E-state index contributed by atoms with van der Waals surface area (Å²) < 4.78 is 0. The highest BCUT2D eigenvalue weighted by molar-refractivity contribution is 5.82. The first-order valence-corrected chi connectivity index (χ1v) is 7.59. The molecule has 0 unspecified atom stereocenters. The number of fused-ring (bicyclic) bond motifs is 1. The molecule has 6 heteroatoms. The Morgan fingerprint density at radius 1 is 1.32 bits per heavy atom. The number of hydrogen-bond donors (Lipinski definition) is 4. The summed E-state index contributed by atoms with van der Waals surface area (Å²) in [5.41, 5.74) is 1.91. The predicted octanol–water partition coefficient (Wildman–Crippen LogP) is -1.23. The van der Waals surface area contributed by atoms with Crippen molar-refractivity contribution < 1.29 is 14.9 Å². The zero-order valence-corrected chi connectivity index (χ0v) is 12.7. The molecule has 114 valence electrons. The van der Waals surface area contributed by atoms with Crippen LogP contribution in [0.25, 0.3) is 16.6 Å². The van der Waals surface area contributed by atoms with Crippen molar-refractivity contribution in [3.63, 3.8) is 0 Å². The second-order valence-electron chi connectivity index (χ2n) is 5.92. The van der Waals surface area contributed by atoms with Crippen LogP contribution in [0.15, 0.2) is 30.0 Å². The number of nitriles is 1. The number of imidazole rings is 1. The normalized spacial score (nSPS) is 23.1. The molecule has 22 heavy (non-hydrogen) atoms. The van der Waals surface area contributed by atoms with Gasteiger partial charge in [-0.15, -0.1) is 0 Å². The summed E-state index contributed by atoms with van der Waals surface area (Å²) in [5.74, 6) is 0.566. The van der Waals surface area contributed by atoms with E-state index >= 15 is 0 Å². The van der Waals surface area contributed by atoms with Crippen LogP contribution >= 0.6 is 0 Å². The van der Waals surface area contributed by atoms with E-state index in [1.807, 2.05) is 24.3 Å². The molecule has 1 aliphatic rings. The van der Waals surface area contributed by atoms with E-state index in [-0.39, 0.29) is 11.3 Å². The molecule has 6 nitrogen and oxygen atoms in total. The van der Waals surface area contributed by atoms with Gasteiger partial charge in [-0.1, -0.05) is 12.1 Å². The first-order valence-electron chi connectivity index (χ1n) is 7.59. The van der Waals surface area contributed by atoms with Gasteiger partial charge in [-0.05, 0) is 12.1 Å². The average Bonchev–Trinajstić information content (AvgIpc) is 2.94. The van der Waals surface area contributed by atoms with Crippen LogP contribution in [0.5, 0.6) is 0 Å². The minimum Gasteiger partial charge on any atom is -0.506 e. The third kappa shape index (κ3) is 2.96. The Bertz CT molecular complexity index is 701. The molecule has 1 aliphatic heterocycles. The predicted molar refractivity (Wildman–Crippen MR) is 83.4 cm³/mol. The maximum Gasteiger partial charge on any atom is 0.169 e. The highest BCUT2D eigenvalue weighted by atomic mass is 16.3. The van der Waals surface area contributed by atoms with E-state index < -0.39 is 0 Å². The lowest BCUT2D eigenvalue weighted by molar-refractivity contribution is -1.00. The number of quaternary nitrogens is 2. The number of allylic oxidation sites excluding steroid dienone is 1. The molecule has 1 aromatic heterocycles. The summed E-state index contributed by atoms with van der Waals surface area (Å²) in [5, 5.41) is 19.8. The first-order chi connectivity index (χ1) is 10.7. The minimum absolute atomic E-state index is 0.121. The highest BCUT2D eigenvalue weighted by Crippen LogP contribution is 2.17. The van der Waals surface area contributed by atoms with E-state index in [1.54, 1.807) is 0 Å². The number of aromatic amines is 1. The average molecular weight is 299 g/mol. The minimum atomic E-state index is 0.121. The van der Waals surface area contributed by atoms with Crippen molar-refractivity contribution in [3.8, 4) is 6.07 Å². The van der Waals surface area contributed by atoms with E-state index in [0.29, 0.717) is 12.4 Å². The van der Waals surface area contributed by atoms with Crippen molar-refractivity contribution in [1.82, 2.24) is 9.97 Å². The van der Waals surface area contributed by atoms with E-state index in [2.05, 4.69) is 23.1 Å². The highest BCUT2D eigenvalue weighted by Gasteiger charge is 2.23. The smallest absolute Gasteiger partial charge is 0.169 e. The zero-order valence-electron chi connectivity index (χ0n) is 12.7. The molecule has 1 saturated heterocycles. The second-order valence-corrected chi connectivity index (χ2v) is 5.92. The van der Waals surface area contributed by atoms with Crippen LogP contribution in [-0.2, 0) is 0 Å². The Kier molecular flexibility index (Phi) is 4.09. The van der Waals surface area contributed by atoms with E-state index in [0.717, 1.165) is 37.2 Å². The molecule has 0 bridgehead atoms. The number of hydrogen-bond acceptors (Lipinski definition) is 3. The van der Waals surface area contributed by atoms with Crippen LogP contribution in [0.3, 0.4) is 0 Å². The number of aliphatic hydroxyl groups is 1. The van der Waals surface area contributed by atoms with E-state index in [1.165, 1.54) is 9.80 Å². The van der Waals surface area contributed by atoms with Gasteiger partial charge >= 0.3 is 0 Å². The lowest BCUT2D eigenvalue weighted by atomic mass is 10.2. The van der Waals surface area contributed by atoms with Crippen LogP contribution in [-0.4, -0.2) is 54.8 Å². The number of H-pyrrole nitrogens is 1. The van der Waals surface area contributed by atoms with Crippen LogP contribution in [0, 0.1) is 11.3 Å². The molecule has 0 amide bonds. The number of nitrogens with zero attached hydrogens (tertiary/aromatic N) is 2. The Balaban J connectivity index is 1.83. The summed E-state index contributed by atoms with van der Waals surface area (Å²) in [6.45, 7) is 4.68. The SMILES string of the molecule is C[NH+]1CC[NH+](C/C(O)=C(\C#N)c2nc3ccccc3[nH]2)CC1. The van der Waals surface area contributed by atoms with Gasteiger partial charge in [0.15, 0.2) is 11.6 Å². The fourth-order valence-corrected chi connectivity index (χ4v) is 2.86. The number of aromatic nitrogens is 2. The Labute approximate surface area is 129 Å². The maximum atomic E-state index is 10.4. The third-order valence-corrected chi connectivity index (χ3v) is 4.25. The molecule has 3 rings (SSSR count). The molecule has 4 N–H and O–H groups in total. The van der Waals surface area contributed by atoms with Gasteiger partial charge in [-0.2, -0.15) is 5.26 Å². The van der Waals surface area contributed by atoms with Crippen molar-refractivity contribution >= 4 is 16.6 Å². The van der Waals surface area contributed by atoms with Crippen molar-refractivity contribution in [1.29, 1.82) is 5.26 Å². The lowest BCUT2D eigenvalue weighted by Crippen LogP contribution is -3.27. The molecule has 0 saturated carbocycles. The summed E-state index contributed by atoms with van der Waals surface area (Å²) in [6.07, 6.45) is 0. The second kappa shape index (κ2) is 6.18. The van der Waals surface area contributed by atoms with Gasteiger partial charge in [0, 0.05) is 0 Å². The quantitative estimate of drug-likeness (QED) is 0.423. The van der Waals surface area contributed by atoms with Crippen molar-refractivity contribution in [2.75, 3.05) is 39.8 Å². The van der Waals surface area contributed by atoms with Gasteiger partial charge in [-0.25, -0.2) is 4.98 Å². The van der Waals surface area contributed by atoms with Gasteiger partial charge in [0.1, 0.15) is 44.4 Å². The number of piperazine rings is 1. The van der Waals surface area contributed by atoms with Gasteiger partial charge < -0.3 is 19.9 Å². The molecule has 0 atom stereocenters. The maximum absolute atomic E-state index is 10.4. The fourth-order valence-electron chi connectivity index (χ4n) is 2.86. The topological polar surface area (TPSA) is 81.6 Å². The standard InChI is InChI=1S/C16H19N5O/c1-20-6-8-21(9-7-20)11-15(22)12(10-17)16-18-13-4-2-3-5-14(13)19-16/h2-5,22H,6-9,11H2,1H3,(H,18,19)/p+2/b15-12-. The summed E-state index contributed by atoms with van der Waals surface area (Å²) in [4.78, 5) is 10.3. The van der Waals surface area contributed by atoms with Gasteiger partial charge in [0.05, 0.1) is 18.1 Å². The molecule has 1 fully saturated rings. The molecule has 0 spiro atoms. The fraction of sp³-hybridized carbons (Fsp3) is 0.375. The van der Waals surface area contributed by atoms with Crippen molar-refractivity contribution in [3.05, 3.63) is 35.8 Å². The number of para-hydroxylation sites is 2. The number of aliphatic hydroxyl groups excluding tert-OH is 1. The number of nitrogens with one attached hydrogen (secondary N) is 3. The van der Waals surface area contributed by atoms with Gasteiger partial charge in [0.25, 0.3) is 0 Å². The Hall–Kier alpha value is -2.36. The zero-order chi connectivity index (χ0) is 15.5. The van der Waals surface area contributed by atoms with Crippen LogP contribution in [0.1, 0.15) is 5.82 Å². The van der Waals surface area contributed by atoms with Crippen molar-refractivity contribution in [2.45, 2.75) is 0 Å². The Morgan fingerprint density at radius 2 is 2.05 bits per heavy atom. The van der Waals surface area contributed by atoms with Gasteiger partial charge in [0.2, 0.25) is 0 Å². The van der Waals surface area contributed by atoms with E-state index in [9.17, 15) is 10.4 Å². The summed E-state index contributed by atoms with van der Waals surface area (Å²) in [6, 6.07) is 9.70. The number of likely N-dealkylation sites (N-methyl/N-ethyl adjacent to an activating group) is 1. The molecule has 0 aliphatic carbocycles. The molecule has 0 radical (unpaired) electrons. The van der Waals surface area contributed by atoms with Crippen molar-refractivity contribution in [2.24, 2.45) is 0 Å². The van der Waals surface area contributed by atoms with Crippen LogP contribution in [0.2, 0.25) is 0 Å². The molecule has 2 heterocycles. The molecular weight excluding hydrogens is 278 g/mol. The Morgan fingerprint density at radius 3 is 2.73 bits per heavy atom. The third-order valence-electron chi connectivity index (χ3n) is 4.25. The lowest BCUT2D eigenvalue weighted by Gasteiger charge is -2.27. The first kappa shape index (κ1) is 14.6. The van der Waals surface area contributed by atoms with Gasteiger partial charge in [-0.3, -0.25) is 0 Å². The molecular formula is C16H21N5O+2.